The van der Waals surface area contributed by atoms with E-state index in [0.29, 0.717) is 36.2 Å². The van der Waals surface area contributed by atoms with Crippen molar-refractivity contribution in [1.29, 1.82) is 0 Å². The number of nitrogens with zero attached hydrogens (tertiary/aromatic N) is 2. The molecule has 0 aromatic carbocycles. The molecule has 0 unspecified atom stereocenters. The third-order valence-corrected chi connectivity index (χ3v) is 8.35. The van der Waals surface area contributed by atoms with Gasteiger partial charge in [-0.2, -0.15) is 0 Å². The molecule has 296 valence electrons. The zero-order valence-corrected chi connectivity index (χ0v) is 30.1. The van der Waals surface area contributed by atoms with Gasteiger partial charge in [0.1, 0.15) is 0 Å². The van der Waals surface area contributed by atoms with Gasteiger partial charge in [0, 0.05) is 89.5 Å². The predicted molar refractivity (Wildman–Crippen MR) is 183 cm³/mol. The van der Waals surface area contributed by atoms with Gasteiger partial charge in [-0.3, -0.25) is 28.8 Å². The molecule has 0 fully saturated rings. The van der Waals surface area contributed by atoms with E-state index >= 15 is 0 Å². The SMILES string of the molecule is O=C(CCCC(=O)ON1C(=O)C=CC1=O)NCCOCCCC(CCCO)(CCCO)CCCOCCNC(=O)CCCC(=O)ON1C(=O)C=CC1=O. The van der Waals surface area contributed by atoms with E-state index in [1.54, 1.807) is 0 Å². The Labute approximate surface area is 308 Å². The number of ether oxygens (including phenoxy) is 2. The van der Waals surface area contributed by atoms with E-state index in [4.69, 9.17) is 19.1 Å². The van der Waals surface area contributed by atoms with E-state index in [9.17, 15) is 48.6 Å². The first kappa shape index (κ1) is 44.6. The van der Waals surface area contributed by atoms with Crippen molar-refractivity contribution in [3.8, 4) is 0 Å². The topological polar surface area (TPSA) is 244 Å². The summed E-state index contributed by atoms with van der Waals surface area (Å²) in [5.41, 5.74) is -0.124. The molecule has 0 radical (unpaired) electrons. The average molecular weight is 753 g/mol. The molecular weight excluding hydrogens is 700 g/mol. The van der Waals surface area contributed by atoms with E-state index in [2.05, 4.69) is 10.6 Å². The number of hydroxylamine groups is 4. The molecule has 0 aromatic heterocycles. The molecule has 0 bridgehead atoms. The molecule has 6 amide bonds. The highest BCUT2D eigenvalue weighted by Crippen LogP contribution is 2.39. The number of amides is 6. The number of hydrogen-bond acceptors (Lipinski definition) is 14. The molecular formula is C35H52N4O14. The fraction of sp³-hybridized carbons (Fsp3) is 0.657. The molecule has 0 aliphatic carbocycles. The average Bonchev–Trinajstić information content (AvgIpc) is 3.62. The molecule has 0 atom stereocenters. The van der Waals surface area contributed by atoms with Gasteiger partial charge in [0.05, 0.1) is 13.2 Å². The zero-order valence-electron chi connectivity index (χ0n) is 30.1. The predicted octanol–water partition coefficient (Wildman–Crippen LogP) is 0.451. The Morgan fingerprint density at radius 1 is 0.528 bits per heavy atom. The highest BCUT2D eigenvalue weighted by molar-refractivity contribution is 6.13. The third-order valence-electron chi connectivity index (χ3n) is 8.35. The van der Waals surface area contributed by atoms with Crippen molar-refractivity contribution in [3.05, 3.63) is 24.3 Å². The standard InChI is InChI=1S/C35H52N4O14/c40-21-3-15-35(16-4-22-41,17-5-23-50-25-19-36-27(42)7-1-9-33(48)52-38-29(44)11-12-30(38)45)18-6-24-51-26-20-37-28(43)8-2-10-34(49)53-39-31(46)13-14-32(39)47/h11-14,40-41H,1-10,15-26H2,(H,36,42)(H,37,43). The van der Waals surface area contributed by atoms with Crippen LogP contribution in [-0.2, 0) is 57.5 Å². The van der Waals surface area contributed by atoms with Crippen molar-refractivity contribution < 1.29 is 67.7 Å². The van der Waals surface area contributed by atoms with Crippen LogP contribution in [0.15, 0.2) is 24.3 Å². The molecule has 2 aliphatic rings. The normalized spacial score (nSPS) is 14.0. The van der Waals surface area contributed by atoms with Crippen LogP contribution in [0.3, 0.4) is 0 Å². The lowest BCUT2D eigenvalue weighted by Gasteiger charge is -2.34. The van der Waals surface area contributed by atoms with E-state index in [0.717, 1.165) is 62.8 Å². The monoisotopic (exact) mass is 752 g/mol. The summed E-state index contributed by atoms with van der Waals surface area (Å²) in [6.07, 6.45) is 10.1. The Hall–Kier alpha value is -4.52. The molecule has 18 heteroatoms. The van der Waals surface area contributed by atoms with Crippen LogP contribution < -0.4 is 10.6 Å². The summed E-state index contributed by atoms with van der Waals surface area (Å²) in [7, 11) is 0. The molecule has 2 rings (SSSR count). The lowest BCUT2D eigenvalue weighted by Crippen LogP contribution is -2.33. The van der Waals surface area contributed by atoms with Gasteiger partial charge in [0.25, 0.3) is 23.6 Å². The summed E-state index contributed by atoms with van der Waals surface area (Å²) in [5.74, 6) is -5.09. The Morgan fingerprint density at radius 2 is 0.887 bits per heavy atom. The van der Waals surface area contributed by atoms with Crippen molar-refractivity contribution in [2.24, 2.45) is 5.41 Å². The van der Waals surface area contributed by atoms with Crippen LogP contribution in [0.1, 0.15) is 89.9 Å². The van der Waals surface area contributed by atoms with Gasteiger partial charge in [-0.05, 0) is 69.6 Å². The minimum absolute atomic E-state index is 0.0554. The van der Waals surface area contributed by atoms with Crippen LogP contribution in [0.25, 0.3) is 0 Å². The fourth-order valence-corrected chi connectivity index (χ4v) is 5.70. The van der Waals surface area contributed by atoms with Crippen molar-refractivity contribution >= 4 is 47.4 Å². The first-order chi connectivity index (χ1) is 25.5. The van der Waals surface area contributed by atoms with Crippen molar-refractivity contribution in [2.75, 3.05) is 52.7 Å². The third kappa shape index (κ3) is 18.2. The first-order valence-electron chi connectivity index (χ1n) is 17.9. The maximum atomic E-state index is 12.1. The van der Waals surface area contributed by atoms with Gasteiger partial charge in [-0.15, -0.1) is 0 Å². The van der Waals surface area contributed by atoms with E-state index < -0.39 is 35.6 Å². The molecule has 4 N–H and O–H groups in total. The van der Waals surface area contributed by atoms with E-state index in [1.165, 1.54) is 0 Å². The van der Waals surface area contributed by atoms with Gasteiger partial charge in [-0.1, -0.05) is 10.1 Å². The molecule has 2 aliphatic heterocycles. The highest BCUT2D eigenvalue weighted by atomic mass is 16.7. The summed E-state index contributed by atoms with van der Waals surface area (Å²) in [4.78, 5) is 103. The van der Waals surface area contributed by atoms with Crippen LogP contribution >= 0.6 is 0 Å². The highest BCUT2D eigenvalue weighted by Gasteiger charge is 2.30. The second-order valence-electron chi connectivity index (χ2n) is 12.5. The fourth-order valence-electron chi connectivity index (χ4n) is 5.70. The Bertz CT molecular complexity index is 1180. The largest absolute Gasteiger partial charge is 0.396 e. The summed E-state index contributed by atoms with van der Waals surface area (Å²) in [5, 5.41) is 25.2. The molecule has 0 saturated carbocycles. The zero-order chi connectivity index (χ0) is 38.9. The minimum atomic E-state index is -0.791. The van der Waals surface area contributed by atoms with Crippen LogP contribution in [0.2, 0.25) is 0 Å². The van der Waals surface area contributed by atoms with Gasteiger partial charge < -0.3 is 40.0 Å². The van der Waals surface area contributed by atoms with Crippen LogP contribution in [0.4, 0.5) is 0 Å². The Balaban J connectivity index is 1.56. The number of carbonyl (C=O) groups is 8. The summed E-state index contributed by atoms with van der Waals surface area (Å²) < 4.78 is 11.4. The number of hydrogen-bond donors (Lipinski definition) is 4. The maximum Gasteiger partial charge on any atom is 0.333 e. The molecule has 2 heterocycles. The Morgan fingerprint density at radius 3 is 1.25 bits per heavy atom. The molecule has 18 nitrogen and oxygen atoms in total. The number of imide groups is 2. The number of rotatable bonds is 30. The van der Waals surface area contributed by atoms with Crippen LogP contribution in [0, 0.1) is 5.41 Å². The number of aliphatic hydroxyl groups is 2. The lowest BCUT2D eigenvalue weighted by atomic mass is 9.72. The second-order valence-corrected chi connectivity index (χ2v) is 12.5. The van der Waals surface area contributed by atoms with Crippen LogP contribution in [0.5, 0.6) is 0 Å². The summed E-state index contributed by atoms with van der Waals surface area (Å²) >= 11 is 0. The van der Waals surface area contributed by atoms with Crippen molar-refractivity contribution in [3.63, 3.8) is 0 Å². The maximum absolute atomic E-state index is 12.1. The Kier molecular flexibility index (Phi) is 21.4. The molecule has 0 saturated heterocycles. The summed E-state index contributed by atoms with van der Waals surface area (Å²) in [6, 6.07) is 0. The van der Waals surface area contributed by atoms with Gasteiger partial charge in [-0.25, -0.2) is 9.59 Å². The smallest absolute Gasteiger partial charge is 0.333 e. The van der Waals surface area contributed by atoms with Crippen molar-refractivity contribution in [1.82, 2.24) is 20.8 Å². The number of carbonyl (C=O) groups excluding carboxylic acids is 8. The summed E-state index contributed by atoms with van der Waals surface area (Å²) in [6.45, 7) is 2.16. The van der Waals surface area contributed by atoms with E-state index in [-0.39, 0.29) is 95.3 Å². The molecule has 0 spiro atoms. The molecule has 0 aromatic rings. The van der Waals surface area contributed by atoms with Gasteiger partial charge in [0.2, 0.25) is 11.8 Å². The van der Waals surface area contributed by atoms with Crippen molar-refractivity contribution in [2.45, 2.75) is 89.9 Å². The number of nitrogens with one attached hydrogen (secondary N) is 2. The number of aliphatic hydroxyl groups excluding tert-OH is 2. The van der Waals surface area contributed by atoms with Gasteiger partial charge >= 0.3 is 11.9 Å². The quantitative estimate of drug-likeness (QED) is 0.0575. The van der Waals surface area contributed by atoms with E-state index in [1.807, 2.05) is 0 Å². The minimum Gasteiger partial charge on any atom is -0.396 e. The van der Waals surface area contributed by atoms with Crippen LogP contribution in [-0.4, -0.2) is 120 Å². The molecule has 53 heavy (non-hydrogen) atoms. The lowest BCUT2D eigenvalue weighted by molar-refractivity contribution is -0.196. The first-order valence-corrected chi connectivity index (χ1v) is 17.9. The van der Waals surface area contributed by atoms with Gasteiger partial charge in [0.15, 0.2) is 0 Å². The second kappa shape index (κ2) is 25.5.